The molecule has 8 heteroatoms. The van der Waals surface area contributed by atoms with Gasteiger partial charge in [0.05, 0.1) is 10.9 Å². The summed E-state index contributed by atoms with van der Waals surface area (Å²) in [5.74, 6) is -0.0890. The van der Waals surface area contributed by atoms with Gasteiger partial charge < -0.3 is 16.0 Å². The summed E-state index contributed by atoms with van der Waals surface area (Å²) in [5, 5.41) is 12.1. The lowest BCUT2D eigenvalue weighted by molar-refractivity contribution is -0.115. The molecule has 0 spiro atoms. The normalized spacial score (nSPS) is 11.5. The molecule has 0 aliphatic carbocycles. The smallest absolute Gasteiger partial charge is 0.239 e. The van der Waals surface area contributed by atoms with Gasteiger partial charge in [-0.25, -0.2) is 4.98 Å². The van der Waals surface area contributed by atoms with Crippen LogP contribution in [0, 0.1) is 6.92 Å². The molecule has 4 aromatic rings. The predicted molar refractivity (Wildman–Crippen MR) is 149 cm³/mol. The third kappa shape index (κ3) is 6.66. The Hall–Kier alpha value is -3.20. The van der Waals surface area contributed by atoms with Crippen LogP contribution in [0.15, 0.2) is 89.1 Å². The molecule has 0 bridgehead atoms. The molecule has 34 heavy (non-hydrogen) atoms. The van der Waals surface area contributed by atoms with Gasteiger partial charge in [0.25, 0.3) is 0 Å². The summed E-state index contributed by atoms with van der Waals surface area (Å²) in [5.41, 5.74) is 4.86. The van der Waals surface area contributed by atoms with Gasteiger partial charge in [-0.05, 0) is 56.4 Å². The first-order valence-corrected chi connectivity index (χ1v) is 12.9. The number of carbonyl (C=O) groups excluding carboxylic acids is 1. The molecular weight excluding hydrogens is 481 g/mol. The molecule has 4 rings (SSSR count). The maximum absolute atomic E-state index is 12.7. The highest BCUT2D eigenvalue weighted by atomic mass is 32.2. The van der Waals surface area contributed by atoms with E-state index in [0.29, 0.717) is 10.2 Å². The van der Waals surface area contributed by atoms with Crippen molar-refractivity contribution >= 4 is 62.8 Å². The van der Waals surface area contributed by atoms with E-state index in [9.17, 15) is 4.79 Å². The van der Waals surface area contributed by atoms with Gasteiger partial charge in [-0.3, -0.25) is 4.79 Å². The van der Waals surface area contributed by atoms with Crippen LogP contribution < -0.4 is 16.0 Å². The maximum atomic E-state index is 12.7. The van der Waals surface area contributed by atoms with E-state index in [0.717, 1.165) is 27.5 Å². The van der Waals surface area contributed by atoms with Gasteiger partial charge in [0.15, 0.2) is 10.2 Å². The summed E-state index contributed by atoms with van der Waals surface area (Å²) >= 11 is 8.34. The molecule has 1 heterocycles. The second-order valence-corrected chi connectivity index (χ2v) is 10.3. The van der Waals surface area contributed by atoms with Crippen molar-refractivity contribution < 1.29 is 4.79 Å². The number of thiocarbonyl (C=S) groups is 1. The van der Waals surface area contributed by atoms with E-state index in [4.69, 9.17) is 12.2 Å². The van der Waals surface area contributed by atoms with Crippen molar-refractivity contribution in [3.63, 3.8) is 0 Å². The Morgan fingerprint density at radius 1 is 0.941 bits per heavy atom. The number of nitrogens with one attached hydrogen (secondary N) is 3. The largest absolute Gasteiger partial charge is 0.332 e. The number of benzene rings is 3. The molecule has 0 aliphatic rings. The van der Waals surface area contributed by atoms with Crippen LogP contribution in [-0.2, 0) is 4.79 Å². The fraction of sp³-hybridized carbons (Fsp3) is 0.115. The number of hydrogen-bond donors (Lipinski definition) is 3. The number of thioether (sulfide) groups is 1. The minimum absolute atomic E-state index is 0.0890. The van der Waals surface area contributed by atoms with E-state index in [-0.39, 0.29) is 11.2 Å². The fourth-order valence-electron chi connectivity index (χ4n) is 3.11. The topological polar surface area (TPSA) is 66.0 Å². The summed E-state index contributed by atoms with van der Waals surface area (Å²) in [6.07, 6.45) is 0. The molecule has 0 fully saturated rings. The van der Waals surface area contributed by atoms with Crippen LogP contribution in [0.1, 0.15) is 12.5 Å². The summed E-state index contributed by atoms with van der Waals surface area (Å²) in [6.45, 7) is 3.93. The van der Waals surface area contributed by atoms with Crippen LogP contribution in [0.4, 0.5) is 16.5 Å². The molecule has 3 N–H and O–H groups in total. The Bertz CT molecular complexity index is 1270. The average Bonchev–Trinajstić information content (AvgIpc) is 3.30. The summed E-state index contributed by atoms with van der Waals surface area (Å²) in [6, 6.07) is 25.8. The number of aromatic nitrogens is 1. The number of anilines is 3. The van der Waals surface area contributed by atoms with E-state index in [1.165, 1.54) is 28.7 Å². The fourth-order valence-corrected chi connectivity index (χ4v) is 5.00. The Labute approximate surface area is 213 Å². The Kier molecular flexibility index (Phi) is 7.95. The van der Waals surface area contributed by atoms with Gasteiger partial charge in [0.2, 0.25) is 5.91 Å². The van der Waals surface area contributed by atoms with E-state index >= 15 is 0 Å². The first kappa shape index (κ1) is 23.9. The minimum atomic E-state index is -0.294. The maximum Gasteiger partial charge on any atom is 0.239 e. The van der Waals surface area contributed by atoms with Crippen LogP contribution in [0.5, 0.6) is 0 Å². The molecule has 3 aromatic carbocycles. The zero-order chi connectivity index (χ0) is 23.9. The van der Waals surface area contributed by atoms with E-state index in [2.05, 4.69) is 20.9 Å². The van der Waals surface area contributed by atoms with Crippen molar-refractivity contribution in [3.8, 4) is 11.3 Å². The average molecular weight is 505 g/mol. The monoisotopic (exact) mass is 504 g/mol. The second-order valence-electron chi connectivity index (χ2n) is 7.63. The standard InChI is InChI=1S/C26H24N4OS3/c1-17-11-13-20(14-12-17)27-25(32)28-21-9-6-10-22(15-21)34-18(2)24(31)30-26-29-23(16-33-26)19-7-4-3-5-8-19/h3-16,18H,1-2H3,(H2,27,28,32)(H,29,30,31). The second kappa shape index (κ2) is 11.3. The molecule has 1 amide bonds. The lowest BCUT2D eigenvalue weighted by Crippen LogP contribution is -2.22. The highest BCUT2D eigenvalue weighted by molar-refractivity contribution is 8.00. The lowest BCUT2D eigenvalue weighted by atomic mass is 10.2. The number of rotatable bonds is 7. The van der Waals surface area contributed by atoms with Gasteiger partial charge in [-0.15, -0.1) is 23.1 Å². The first-order chi connectivity index (χ1) is 16.5. The van der Waals surface area contributed by atoms with Crippen LogP contribution in [0.2, 0.25) is 0 Å². The van der Waals surface area contributed by atoms with E-state index in [1.54, 1.807) is 0 Å². The van der Waals surface area contributed by atoms with Crippen molar-refractivity contribution in [2.45, 2.75) is 24.0 Å². The predicted octanol–water partition coefficient (Wildman–Crippen LogP) is 7.05. The summed E-state index contributed by atoms with van der Waals surface area (Å²) in [4.78, 5) is 18.3. The van der Waals surface area contributed by atoms with Crippen molar-refractivity contribution in [3.05, 3.63) is 89.8 Å². The number of carbonyl (C=O) groups is 1. The summed E-state index contributed by atoms with van der Waals surface area (Å²) < 4.78 is 0. The molecule has 172 valence electrons. The summed E-state index contributed by atoms with van der Waals surface area (Å²) in [7, 11) is 0. The third-order valence-electron chi connectivity index (χ3n) is 4.89. The molecular formula is C26H24N4OS3. The molecule has 0 saturated heterocycles. The highest BCUT2D eigenvalue weighted by Gasteiger charge is 2.17. The van der Waals surface area contributed by atoms with Crippen molar-refractivity contribution in [2.24, 2.45) is 0 Å². The number of amides is 1. The molecule has 0 radical (unpaired) electrons. The lowest BCUT2D eigenvalue weighted by Gasteiger charge is -2.13. The molecule has 0 aliphatic heterocycles. The molecule has 1 atom stereocenters. The molecule has 1 unspecified atom stereocenters. The molecule has 0 saturated carbocycles. The van der Waals surface area contributed by atoms with Gasteiger partial charge >= 0.3 is 0 Å². The SMILES string of the molecule is Cc1ccc(NC(=S)Nc2cccc(SC(C)C(=O)Nc3nc(-c4ccccc4)cs3)c2)cc1. The Morgan fingerprint density at radius 2 is 1.68 bits per heavy atom. The Morgan fingerprint density at radius 3 is 2.44 bits per heavy atom. The number of aryl methyl sites for hydroxylation is 1. The van der Waals surface area contributed by atoms with Gasteiger partial charge in [0.1, 0.15) is 0 Å². The number of hydrogen-bond acceptors (Lipinski definition) is 5. The van der Waals surface area contributed by atoms with Crippen molar-refractivity contribution in [2.75, 3.05) is 16.0 Å². The van der Waals surface area contributed by atoms with Crippen LogP contribution in [0.25, 0.3) is 11.3 Å². The molecule has 1 aromatic heterocycles. The van der Waals surface area contributed by atoms with Crippen LogP contribution in [0.3, 0.4) is 0 Å². The van der Waals surface area contributed by atoms with Crippen molar-refractivity contribution in [1.29, 1.82) is 0 Å². The minimum Gasteiger partial charge on any atom is -0.332 e. The van der Waals surface area contributed by atoms with Gasteiger partial charge in [-0.2, -0.15) is 0 Å². The Balaban J connectivity index is 1.32. The highest BCUT2D eigenvalue weighted by Crippen LogP contribution is 2.28. The number of thiazole rings is 1. The van der Waals surface area contributed by atoms with Crippen LogP contribution >= 0.6 is 35.3 Å². The van der Waals surface area contributed by atoms with E-state index in [1.807, 2.05) is 98.1 Å². The zero-order valence-electron chi connectivity index (χ0n) is 18.7. The third-order valence-corrected chi connectivity index (χ3v) is 6.94. The van der Waals surface area contributed by atoms with E-state index < -0.39 is 0 Å². The van der Waals surface area contributed by atoms with Gasteiger partial charge in [-0.1, -0.05) is 54.1 Å². The van der Waals surface area contributed by atoms with Crippen LogP contribution in [-0.4, -0.2) is 21.3 Å². The number of nitrogens with zero attached hydrogens (tertiary/aromatic N) is 1. The first-order valence-electron chi connectivity index (χ1n) is 10.7. The zero-order valence-corrected chi connectivity index (χ0v) is 21.2. The molecule has 5 nitrogen and oxygen atoms in total. The van der Waals surface area contributed by atoms with Crippen molar-refractivity contribution in [1.82, 2.24) is 4.98 Å². The van der Waals surface area contributed by atoms with Gasteiger partial charge in [0, 0.05) is 27.2 Å². The quantitative estimate of drug-likeness (QED) is 0.185.